The molecular formula is C21H21N7O2S3. The zero-order valence-electron chi connectivity index (χ0n) is 18.2. The standard InChI is InChI=1S/C21H21N7O2S3/c1-12-6-4-7-15(13(12)2)28-17(10-22-19(30)16-8-5-9-31-16)25-27-21(28)32-11-18(29)23-20-26-24-14(3)33-20/h4-9H,10-11H2,1-3H3,(H,22,30)(H,23,26,29). The minimum absolute atomic E-state index is 0.128. The van der Waals surface area contributed by atoms with Crippen LogP contribution in [0.3, 0.4) is 0 Å². The van der Waals surface area contributed by atoms with Crippen molar-refractivity contribution in [3.05, 3.63) is 62.5 Å². The highest BCUT2D eigenvalue weighted by molar-refractivity contribution is 7.99. The van der Waals surface area contributed by atoms with Crippen LogP contribution in [-0.4, -0.2) is 42.5 Å². The van der Waals surface area contributed by atoms with E-state index in [9.17, 15) is 9.59 Å². The second-order valence-electron chi connectivity index (χ2n) is 7.08. The molecule has 4 rings (SSSR count). The van der Waals surface area contributed by atoms with Crippen molar-refractivity contribution in [3.8, 4) is 5.69 Å². The summed E-state index contributed by atoms with van der Waals surface area (Å²) in [6, 6.07) is 9.58. The Morgan fingerprint density at radius 2 is 1.91 bits per heavy atom. The molecule has 0 spiro atoms. The molecule has 0 unspecified atom stereocenters. The van der Waals surface area contributed by atoms with Gasteiger partial charge in [0.05, 0.1) is 22.9 Å². The number of carbonyl (C=O) groups is 2. The molecule has 9 nitrogen and oxygen atoms in total. The number of anilines is 1. The van der Waals surface area contributed by atoms with Gasteiger partial charge in [-0.3, -0.25) is 19.5 Å². The Morgan fingerprint density at radius 3 is 2.64 bits per heavy atom. The molecule has 2 amide bonds. The highest BCUT2D eigenvalue weighted by Gasteiger charge is 2.19. The minimum Gasteiger partial charge on any atom is -0.344 e. The summed E-state index contributed by atoms with van der Waals surface area (Å²) in [6.45, 7) is 6.09. The first-order valence-electron chi connectivity index (χ1n) is 9.97. The maximum absolute atomic E-state index is 12.4. The van der Waals surface area contributed by atoms with Gasteiger partial charge in [-0.2, -0.15) is 0 Å². The summed E-state index contributed by atoms with van der Waals surface area (Å²) in [7, 11) is 0. The third kappa shape index (κ3) is 5.46. The van der Waals surface area contributed by atoms with Crippen LogP contribution >= 0.6 is 34.4 Å². The molecule has 4 aromatic rings. The Bertz CT molecular complexity index is 1280. The lowest BCUT2D eigenvalue weighted by Gasteiger charge is -2.14. The van der Waals surface area contributed by atoms with Gasteiger partial charge in [0.1, 0.15) is 5.01 Å². The molecule has 3 aromatic heterocycles. The lowest BCUT2D eigenvalue weighted by atomic mass is 10.1. The van der Waals surface area contributed by atoms with Crippen LogP contribution in [0.5, 0.6) is 0 Å². The summed E-state index contributed by atoms with van der Waals surface area (Å²) in [5.41, 5.74) is 3.09. The van der Waals surface area contributed by atoms with Gasteiger partial charge in [-0.05, 0) is 49.4 Å². The lowest BCUT2D eigenvalue weighted by Crippen LogP contribution is -2.24. The normalized spacial score (nSPS) is 10.9. The average molecular weight is 500 g/mol. The van der Waals surface area contributed by atoms with Gasteiger partial charge in [0, 0.05) is 0 Å². The number of aromatic nitrogens is 5. The summed E-state index contributed by atoms with van der Waals surface area (Å²) in [6.07, 6.45) is 0. The first-order chi connectivity index (χ1) is 15.9. The monoisotopic (exact) mass is 499 g/mol. The molecule has 12 heteroatoms. The fraction of sp³-hybridized carbons (Fsp3) is 0.238. The van der Waals surface area contributed by atoms with E-state index in [0.29, 0.717) is 21.0 Å². The number of thioether (sulfide) groups is 1. The molecule has 0 fully saturated rings. The number of hydrogen-bond acceptors (Lipinski definition) is 9. The first kappa shape index (κ1) is 23.1. The Kier molecular flexibility index (Phi) is 7.16. The van der Waals surface area contributed by atoms with Crippen molar-refractivity contribution >= 4 is 51.4 Å². The van der Waals surface area contributed by atoms with Gasteiger partial charge in [0.25, 0.3) is 5.91 Å². The quantitative estimate of drug-likeness (QED) is 0.355. The SMILES string of the molecule is Cc1nnc(NC(=O)CSc2nnc(CNC(=O)c3cccs3)n2-c2cccc(C)c2C)s1. The average Bonchev–Trinajstić information content (AvgIpc) is 3.54. The number of nitrogens with zero attached hydrogens (tertiary/aromatic N) is 5. The Morgan fingerprint density at radius 1 is 1.06 bits per heavy atom. The number of thiophene rings is 1. The van der Waals surface area contributed by atoms with Gasteiger partial charge in [0.15, 0.2) is 11.0 Å². The zero-order chi connectivity index (χ0) is 23.4. The second kappa shape index (κ2) is 10.2. The van der Waals surface area contributed by atoms with E-state index < -0.39 is 0 Å². The molecule has 0 saturated heterocycles. The molecule has 170 valence electrons. The van der Waals surface area contributed by atoms with E-state index in [-0.39, 0.29) is 24.1 Å². The van der Waals surface area contributed by atoms with Crippen LogP contribution in [0.4, 0.5) is 5.13 Å². The number of hydrogen-bond donors (Lipinski definition) is 2. The fourth-order valence-corrected chi connectivity index (χ4v) is 5.03. The van der Waals surface area contributed by atoms with Crippen molar-refractivity contribution in [2.75, 3.05) is 11.1 Å². The lowest BCUT2D eigenvalue weighted by molar-refractivity contribution is -0.113. The van der Waals surface area contributed by atoms with Gasteiger partial charge in [-0.25, -0.2) is 0 Å². The van der Waals surface area contributed by atoms with Crippen molar-refractivity contribution in [1.82, 2.24) is 30.3 Å². The van der Waals surface area contributed by atoms with Gasteiger partial charge in [0.2, 0.25) is 11.0 Å². The molecule has 0 atom stereocenters. The van der Waals surface area contributed by atoms with E-state index in [4.69, 9.17) is 0 Å². The van der Waals surface area contributed by atoms with E-state index in [1.165, 1.54) is 34.4 Å². The van der Waals surface area contributed by atoms with Gasteiger partial charge in [-0.15, -0.1) is 31.7 Å². The number of benzene rings is 1. The molecular weight excluding hydrogens is 478 g/mol. The van der Waals surface area contributed by atoms with Crippen LogP contribution in [0.2, 0.25) is 0 Å². The predicted molar refractivity (Wildman–Crippen MR) is 130 cm³/mol. The van der Waals surface area contributed by atoms with Crippen molar-refractivity contribution in [3.63, 3.8) is 0 Å². The van der Waals surface area contributed by atoms with Crippen LogP contribution in [0.25, 0.3) is 5.69 Å². The highest BCUT2D eigenvalue weighted by Crippen LogP contribution is 2.26. The molecule has 0 aliphatic rings. The molecule has 0 radical (unpaired) electrons. The van der Waals surface area contributed by atoms with Crippen molar-refractivity contribution in [1.29, 1.82) is 0 Å². The van der Waals surface area contributed by atoms with Crippen LogP contribution in [0.1, 0.15) is 31.6 Å². The predicted octanol–water partition coefficient (Wildman–Crippen LogP) is 3.77. The van der Waals surface area contributed by atoms with Crippen LogP contribution < -0.4 is 10.6 Å². The number of aryl methyl sites for hydroxylation is 2. The van der Waals surface area contributed by atoms with E-state index in [2.05, 4.69) is 31.0 Å². The van der Waals surface area contributed by atoms with Gasteiger partial charge < -0.3 is 5.32 Å². The summed E-state index contributed by atoms with van der Waals surface area (Å²) in [4.78, 5) is 25.5. The number of carbonyl (C=O) groups excluding carboxylic acids is 2. The molecule has 2 N–H and O–H groups in total. The Balaban J connectivity index is 1.55. The van der Waals surface area contributed by atoms with E-state index in [1.807, 2.05) is 55.0 Å². The maximum atomic E-state index is 12.4. The van der Waals surface area contributed by atoms with Crippen LogP contribution in [0, 0.1) is 20.8 Å². The van der Waals surface area contributed by atoms with Crippen molar-refractivity contribution in [2.45, 2.75) is 32.5 Å². The fourth-order valence-electron chi connectivity index (χ4n) is 3.01. The van der Waals surface area contributed by atoms with Crippen LogP contribution in [-0.2, 0) is 11.3 Å². The molecule has 0 aliphatic heterocycles. The van der Waals surface area contributed by atoms with Gasteiger partial charge in [-0.1, -0.05) is 41.3 Å². The number of amides is 2. The molecule has 0 saturated carbocycles. The largest absolute Gasteiger partial charge is 0.344 e. The second-order valence-corrected chi connectivity index (χ2v) is 10.1. The molecule has 1 aromatic carbocycles. The molecule has 0 bridgehead atoms. The van der Waals surface area contributed by atoms with Crippen LogP contribution in [0.15, 0.2) is 40.9 Å². The third-order valence-electron chi connectivity index (χ3n) is 4.77. The Hall–Kier alpha value is -3.09. The van der Waals surface area contributed by atoms with Crippen molar-refractivity contribution < 1.29 is 9.59 Å². The van der Waals surface area contributed by atoms with E-state index in [1.54, 1.807) is 6.07 Å². The smallest absolute Gasteiger partial charge is 0.261 e. The molecule has 33 heavy (non-hydrogen) atoms. The topological polar surface area (TPSA) is 115 Å². The molecule has 3 heterocycles. The third-order valence-corrected chi connectivity index (χ3v) is 7.33. The molecule has 0 aliphatic carbocycles. The number of rotatable bonds is 8. The summed E-state index contributed by atoms with van der Waals surface area (Å²) in [5, 5.41) is 25.8. The summed E-state index contributed by atoms with van der Waals surface area (Å²) >= 11 is 3.96. The minimum atomic E-state index is -0.209. The zero-order valence-corrected chi connectivity index (χ0v) is 20.6. The summed E-state index contributed by atoms with van der Waals surface area (Å²) in [5.74, 6) is 0.334. The van der Waals surface area contributed by atoms with E-state index >= 15 is 0 Å². The van der Waals surface area contributed by atoms with Gasteiger partial charge >= 0.3 is 0 Å². The maximum Gasteiger partial charge on any atom is 0.261 e. The van der Waals surface area contributed by atoms with Crippen molar-refractivity contribution in [2.24, 2.45) is 0 Å². The first-order valence-corrected chi connectivity index (χ1v) is 12.7. The van der Waals surface area contributed by atoms with E-state index in [0.717, 1.165) is 21.8 Å². The highest BCUT2D eigenvalue weighted by atomic mass is 32.2. The Labute approximate surface area is 202 Å². The summed E-state index contributed by atoms with van der Waals surface area (Å²) < 4.78 is 1.89. The number of nitrogens with one attached hydrogen (secondary N) is 2.